The van der Waals surface area contributed by atoms with E-state index in [1.807, 2.05) is 6.07 Å². The Kier molecular flexibility index (Phi) is 3.78. The molecule has 0 aromatic carbocycles. The molecule has 0 spiro atoms. The first-order chi connectivity index (χ1) is 9.78. The smallest absolute Gasteiger partial charge is 0.261 e. The lowest BCUT2D eigenvalue weighted by Gasteiger charge is -2.13. The van der Waals surface area contributed by atoms with Crippen LogP contribution in [0.3, 0.4) is 0 Å². The van der Waals surface area contributed by atoms with Crippen molar-refractivity contribution in [1.82, 2.24) is 10.3 Å². The summed E-state index contributed by atoms with van der Waals surface area (Å²) in [6.45, 7) is 0.389. The minimum absolute atomic E-state index is 0.118. The van der Waals surface area contributed by atoms with Crippen molar-refractivity contribution in [3.8, 4) is 0 Å². The summed E-state index contributed by atoms with van der Waals surface area (Å²) in [5.41, 5.74) is 2.52. The minimum atomic E-state index is -0.118. The van der Waals surface area contributed by atoms with Crippen molar-refractivity contribution in [3.63, 3.8) is 0 Å². The Morgan fingerprint density at radius 3 is 3.05 bits per heavy atom. The third kappa shape index (κ3) is 2.58. The summed E-state index contributed by atoms with van der Waals surface area (Å²) in [5, 5.41) is 3.79. The predicted octanol–water partition coefficient (Wildman–Crippen LogP) is 2.49. The van der Waals surface area contributed by atoms with Crippen molar-refractivity contribution in [3.05, 3.63) is 28.3 Å². The molecule has 0 bridgehead atoms. The summed E-state index contributed by atoms with van der Waals surface area (Å²) in [6, 6.07) is 4.08. The lowest BCUT2D eigenvalue weighted by Crippen LogP contribution is -2.23. The molecule has 0 aliphatic heterocycles. The molecule has 0 radical (unpaired) electrons. The van der Waals surface area contributed by atoms with Gasteiger partial charge in [-0.3, -0.25) is 4.79 Å². The summed E-state index contributed by atoms with van der Waals surface area (Å²) in [6.07, 6.45) is 5.72. The molecule has 0 atom stereocenters. The number of aryl methyl sites for hydroxylation is 2. The zero-order valence-corrected chi connectivity index (χ0v) is 12.0. The molecule has 4 nitrogen and oxygen atoms in total. The van der Waals surface area contributed by atoms with Crippen LogP contribution in [0.5, 0.6) is 0 Å². The lowest BCUT2D eigenvalue weighted by molar-refractivity contribution is -0.107. The van der Waals surface area contributed by atoms with E-state index in [0.29, 0.717) is 17.8 Å². The van der Waals surface area contributed by atoms with Gasteiger partial charge in [-0.05, 0) is 43.4 Å². The van der Waals surface area contributed by atoms with Crippen LogP contribution >= 0.6 is 11.3 Å². The van der Waals surface area contributed by atoms with Crippen LogP contribution in [-0.2, 0) is 17.6 Å². The lowest BCUT2D eigenvalue weighted by atomic mass is 9.96. The average molecular weight is 288 g/mol. The van der Waals surface area contributed by atoms with Crippen molar-refractivity contribution < 1.29 is 9.59 Å². The van der Waals surface area contributed by atoms with Crippen LogP contribution in [0.4, 0.5) is 0 Å². The molecular weight excluding hydrogens is 272 g/mol. The van der Waals surface area contributed by atoms with Crippen LogP contribution in [0.25, 0.3) is 10.2 Å². The zero-order valence-electron chi connectivity index (χ0n) is 11.1. The van der Waals surface area contributed by atoms with Crippen LogP contribution in [-0.4, -0.2) is 23.7 Å². The number of amides is 1. The van der Waals surface area contributed by atoms with Gasteiger partial charge in [0.05, 0.1) is 4.88 Å². The summed E-state index contributed by atoms with van der Waals surface area (Å²) >= 11 is 1.42. The Bertz CT molecular complexity index is 620. The van der Waals surface area contributed by atoms with E-state index in [1.54, 1.807) is 0 Å². The molecule has 2 heterocycles. The Hall–Kier alpha value is -1.75. The second kappa shape index (κ2) is 5.71. The average Bonchev–Trinajstić information content (AvgIpc) is 2.87. The highest BCUT2D eigenvalue weighted by molar-refractivity contribution is 7.20. The van der Waals surface area contributed by atoms with Gasteiger partial charge in [0, 0.05) is 24.0 Å². The maximum absolute atomic E-state index is 12.0. The van der Waals surface area contributed by atoms with Gasteiger partial charge in [-0.1, -0.05) is 0 Å². The van der Waals surface area contributed by atoms with Gasteiger partial charge in [0.25, 0.3) is 5.91 Å². The highest BCUT2D eigenvalue weighted by Gasteiger charge is 2.15. The molecular formula is C15H16N2O2S. The first-order valence-corrected chi connectivity index (χ1v) is 7.74. The van der Waals surface area contributed by atoms with E-state index in [-0.39, 0.29) is 5.91 Å². The van der Waals surface area contributed by atoms with E-state index in [2.05, 4.69) is 11.4 Å². The monoisotopic (exact) mass is 288 g/mol. The van der Waals surface area contributed by atoms with Crippen LogP contribution in [0.1, 0.15) is 40.2 Å². The highest BCUT2D eigenvalue weighted by atomic mass is 32.1. The van der Waals surface area contributed by atoms with Crippen molar-refractivity contribution >= 4 is 33.7 Å². The van der Waals surface area contributed by atoms with Crippen LogP contribution in [0, 0.1) is 0 Å². The van der Waals surface area contributed by atoms with Gasteiger partial charge >= 0.3 is 0 Å². The van der Waals surface area contributed by atoms with E-state index >= 15 is 0 Å². The number of aldehydes is 1. The maximum Gasteiger partial charge on any atom is 0.261 e. The third-order valence-electron chi connectivity index (χ3n) is 3.56. The SMILES string of the molecule is O=CCCNC(=O)c1cc2cc3c(nc2s1)CCCC3. The number of aromatic nitrogens is 1. The van der Waals surface area contributed by atoms with Crippen molar-refractivity contribution in [2.45, 2.75) is 32.1 Å². The number of fused-ring (bicyclic) bond motifs is 2. The Morgan fingerprint density at radius 1 is 1.35 bits per heavy atom. The van der Waals surface area contributed by atoms with Gasteiger partial charge in [0.15, 0.2) is 0 Å². The molecule has 20 heavy (non-hydrogen) atoms. The fraction of sp³-hybridized carbons (Fsp3) is 0.400. The molecule has 0 saturated heterocycles. The number of hydrogen-bond acceptors (Lipinski definition) is 4. The number of carbonyl (C=O) groups excluding carboxylic acids is 2. The van der Waals surface area contributed by atoms with Gasteiger partial charge in [0.2, 0.25) is 0 Å². The zero-order chi connectivity index (χ0) is 13.9. The first kappa shape index (κ1) is 13.2. The van der Waals surface area contributed by atoms with E-state index in [1.165, 1.54) is 35.4 Å². The fourth-order valence-corrected chi connectivity index (χ4v) is 3.49. The topological polar surface area (TPSA) is 59.1 Å². The Labute approximate surface area is 121 Å². The highest BCUT2D eigenvalue weighted by Crippen LogP contribution is 2.29. The molecule has 0 unspecified atom stereocenters. The summed E-state index contributed by atoms with van der Waals surface area (Å²) in [4.78, 5) is 28.5. The molecule has 5 heteroatoms. The molecule has 2 aromatic rings. The largest absolute Gasteiger partial charge is 0.351 e. The molecule has 0 fully saturated rings. The molecule has 1 aliphatic carbocycles. The minimum Gasteiger partial charge on any atom is -0.351 e. The Morgan fingerprint density at radius 2 is 2.20 bits per heavy atom. The number of thiophene rings is 1. The Balaban J connectivity index is 1.86. The normalized spacial score (nSPS) is 14.0. The van der Waals surface area contributed by atoms with Gasteiger partial charge < -0.3 is 10.1 Å². The van der Waals surface area contributed by atoms with E-state index in [0.717, 1.165) is 29.3 Å². The molecule has 1 N–H and O–H groups in total. The molecule has 0 saturated carbocycles. The van der Waals surface area contributed by atoms with E-state index < -0.39 is 0 Å². The van der Waals surface area contributed by atoms with Gasteiger partial charge in [-0.25, -0.2) is 4.98 Å². The molecule has 1 amide bonds. The standard InChI is InChI=1S/C15H16N2O2S/c18-7-3-6-16-14(19)13-9-11-8-10-4-1-2-5-12(10)17-15(11)20-13/h7-9H,1-6H2,(H,16,19). The van der Waals surface area contributed by atoms with E-state index in [9.17, 15) is 9.59 Å². The maximum atomic E-state index is 12.0. The number of pyridine rings is 1. The van der Waals surface area contributed by atoms with Gasteiger partial charge in [0.1, 0.15) is 11.1 Å². The summed E-state index contributed by atoms with van der Waals surface area (Å²) in [5.74, 6) is -0.118. The predicted molar refractivity (Wildman–Crippen MR) is 79.3 cm³/mol. The van der Waals surface area contributed by atoms with Crippen molar-refractivity contribution in [1.29, 1.82) is 0 Å². The van der Waals surface area contributed by atoms with Crippen LogP contribution in [0.15, 0.2) is 12.1 Å². The number of carbonyl (C=O) groups is 2. The molecule has 2 aromatic heterocycles. The summed E-state index contributed by atoms with van der Waals surface area (Å²) in [7, 11) is 0. The van der Waals surface area contributed by atoms with Crippen LogP contribution < -0.4 is 5.32 Å². The second-order valence-electron chi connectivity index (χ2n) is 5.02. The van der Waals surface area contributed by atoms with E-state index in [4.69, 9.17) is 4.98 Å². The van der Waals surface area contributed by atoms with Gasteiger partial charge in [-0.15, -0.1) is 11.3 Å². The number of nitrogens with zero attached hydrogens (tertiary/aromatic N) is 1. The summed E-state index contributed by atoms with van der Waals surface area (Å²) < 4.78 is 0. The first-order valence-electron chi connectivity index (χ1n) is 6.92. The molecule has 1 aliphatic rings. The number of rotatable bonds is 4. The fourth-order valence-electron chi connectivity index (χ4n) is 2.54. The quantitative estimate of drug-likeness (QED) is 0.694. The second-order valence-corrected chi connectivity index (χ2v) is 6.05. The third-order valence-corrected chi connectivity index (χ3v) is 4.60. The van der Waals surface area contributed by atoms with Gasteiger partial charge in [-0.2, -0.15) is 0 Å². The van der Waals surface area contributed by atoms with Crippen molar-refractivity contribution in [2.24, 2.45) is 0 Å². The molecule has 104 valence electrons. The number of nitrogens with one attached hydrogen (secondary N) is 1. The number of hydrogen-bond donors (Lipinski definition) is 1. The van der Waals surface area contributed by atoms with Crippen molar-refractivity contribution in [2.75, 3.05) is 6.54 Å². The van der Waals surface area contributed by atoms with Crippen LogP contribution in [0.2, 0.25) is 0 Å². The molecule has 3 rings (SSSR count).